The summed E-state index contributed by atoms with van der Waals surface area (Å²) in [7, 11) is 0. The fraction of sp³-hybridized carbons (Fsp3) is 0.207. The van der Waals surface area contributed by atoms with Gasteiger partial charge in [-0.1, -0.05) is 61.9 Å². The molecule has 1 amide bonds. The van der Waals surface area contributed by atoms with Crippen molar-refractivity contribution in [2.24, 2.45) is 0 Å². The highest BCUT2D eigenvalue weighted by molar-refractivity contribution is 8.17. The van der Waals surface area contributed by atoms with Gasteiger partial charge in [-0.3, -0.25) is 15.6 Å². The van der Waals surface area contributed by atoms with E-state index in [1.54, 1.807) is 0 Å². The summed E-state index contributed by atoms with van der Waals surface area (Å²) in [6, 6.07) is 24.7. The summed E-state index contributed by atoms with van der Waals surface area (Å²) in [5.41, 5.74) is 13.3. The molecular weight excluding hydrogens is 466 g/mol. The largest absolute Gasteiger partial charge is 0.323 e. The molecule has 36 heavy (non-hydrogen) atoms. The van der Waals surface area contributed by atoms with Gasteiger partial charge in [0, 0.05) is 16.9 Å². The molecule has 5 rings (SSSR count). The molecule has 1 aliphatic rings. The lowest BCUT2D eigenvalue weighted by molar-refractivity contribution is 0.259. The van der Waals surface area contributed by atoms with Crippen LogP contribution >= 0.6 is 11.8 Å². The molecule has 180 valence electrons. The van der Waals surface area contributed by atoms with Crippen LogP contribution in [-0.4, -0.2) is 14.8 Å². The smallest absolute Gasteiger partial charge is 0.301 e. The Morgan fingerprint density at radius 1 is 1.03 bits per heavy atom. The molecule has 1 aliphatic heterocycles. The van der Waals surface area contributed by atoms with E-state index < -0.39 is 0 Å². The zero-order valence-corrected chi connectivity index (χ0v) is 21.2. The van der Waals surface area contributed by atoms with E-state index in [0.29, 0.717) is 12.1 Å². The van der Waals surface area contributed by atoms with Crippen molar-refractivity contribution in [2.75, 3.05) is 0 Å². The summed E-state index contributed by atoms with van der Waals surface area (Å²) >= 11 is 1.19. The molecule has 6 nitrogen and oxygen atoms in total. The second kappa shape index (κ2) is 10.3. The quantitative estimate of drug-likeness (QED) is 0.302. The maximum Gasteiger partial charge on any atom is 0.301 e. The Bertz CT molecular complexity index is 1510. The lowest BCUT2D eigenvalue weighted by Crippen LogP contribution is -2.37. The Labute approximate surface area is 215 Å². The first-order valence-electron chi connectivity index (χ1n) is 12.1. The molecule has 2 N–H and O–H groups in total. The average molecular weight is 494 g/mol. The highest BCUT2D eigenvalue weighted by Gasteiger charge is 2.20. The highest BCUT2D eigenvalue weighted by Crippen LogP contribution is 2.32. The van der Waals surface area contributed by atoms with Crippen LogP contribution in [-0.2, 0) is 13.0 Å². The number of unbranched alkanes of at least 4 members (excludes halogenated alkanes) is 1. The van der Waals surface area contributed by atoms with Gasteiger partial charge in [-0.15, -0.1) is 0 Å². The van der Waals surface area contributed by atoms with Gasteiger partial charge in [-0.05, 0) is 60.0 Å². The summed E-state index contributed by atoms with van der Waals surface area (Å²) in [4.78, 5) is 17.7. The van der Waals surface area contributed by atoms with Gasteiger partial charge < -0.3 is 4.57 Å². The lowest BCUT2D eigenvalue weighted by Gasteiger charge is -2.20. The number of carbonyl (C=O) groups excluding carboxylic acids is 1. The normalized spacial score (nSPS) is 13.4. The maximum absolute atomic E-state index is 11.7. The van der Waals surface area contributed by atoms with Crippen molar-refractivity contribution in [1.82, 2.24) is 20.4 Å². The van der Waals surface area contributed by atoms with Gasteiger partial charge in [0.25, 0.3) is 0 Å². The van der Waals surface area contributed by atoms with Crippen LogP contribution in [0.15, 0.2) is 71.6 Å². The highest BCUT2D eigenvalue weighted by atomic mass is 32.2. The van der Waals surface area contributed by atoms with Crippen LogP contribution in [0.1, 0.15) is 49.2 Å². The van der Waals surface area contributed by atoms with Crippen LogP contribution in [0.4, 0.5) is 4.79 Å². The van der Waals surface area contributed by atoms with Gasteiger partial charge in [-0.25, -0.2) is 4.98 Å². The molecule has 0 saturated heterocycles. The van der Waals surface area contributed by atoms with E-state index in [-0.39, 0.29) is 5.24 Å². The van der Waals surface area contributed by atoms with Crippen molar-refractivity contribution in [3.05, 3.63) is 94.1 Å². The van der Waals surface area contributed by atoms with Gasteiger partial charge in [0.1, 0.15) is 5.82 Å². The number of thioether (sulfide) groups is 1. The van der Waals surface area contributed by atoms with Crippen LogP contribution in [0.3, 0.4) is 0 Å². The fourth-order valence-electron chi connectivity index (χ4n) is 4.63. The van der Waals surface area contributed by atoms with Crippen molar-refractivity contribution < 1.29 is 4.79 Å². The standard InChI is InChI=1S/C29H27N5OS/c1-3-4-13-27-31-25-15-14-21(28-19(2)36-29(35)33-32-28)16-26(25)34(27)18-24-22(17-30)11-8-12-23(24)20-9-6-5-7-10-20/h5-12,14-16,32H,3-4,13,18H2,1-2H3,(H,33,35). The SMILES string of the molecule is CCCCc1nc2ccc(C3=C(C)SC(=O)NN3)cc2n1Cc1c(C#N)cccc1-c1ccccc1. The van der Waals surface area contributed by atoms with Crippen LogP contribution in [0.2, 0.25) is 0 Å². The molecule has 4 aromatic rings. The topological polar surface area (TPSA) is 82.7 Å². The Hall–Kier alpha value is -4.02. The molecule has 0 aliphatic carbocycles. The third-order valence-corrected chi connectivity index (χ3v) is 7.25. The first kappa shape index (κ1) is 23.7. The lowest BCUT2D eigenvalue weighted by atomic mass is 9.95. The van der Waals surface area contributed by atoms with E-state index in [1.165, 1.54) is 11.8 Å². The fourth-order valence-corrected chi connectivity index (χ4v) is 5.28. The molecule has 0 fully saturated rings. The van der Waals surface area contributed by atoms with Crippen molar-refractivity contribution >= 4 is 33.7 Å². The summed E-state index contributed by atoms with van der Waals surface area (Å²) in [6.07, 6.45) is 2.98. The van der Waals surface area contributed by atoms with Crippen LogP contribution in [0, 0.1) is 11.3 Å². The van der Waals surface area contributed by atoms with Crippen molar-refractivity contribution in [3.8, 4) is 17.2 Å². The Morgan fingerprint density at radius 2 is 1.86 bits per heavy atom. The minimum atomic E-state index is -0.120. The number of rotatable bonds is 7. The number of nitrogens with zero attached hydrogens (tertiary/aromatic N) is 3. The average Bonchev–Trinajstić information content (AvgIpc) is 3.24. The van der Waals surface area contributed by atoms with Crippen LogP contribution in [0.5, 0.6) is 0 Å². The predicted octanol–water partition coefficient (Wildman–Crippen LogP) is 6.62. The monoisotopic (exact) mass is 493 g/mol. The van der Waals surface area contributed by atoms with E-state index in [1.807, 2.05) is 49.4 Å². The number of carbonyl (C=O) groups is 1. The number of nitrogens with one attached hydrogen (secondary N) is 2. The first-order chi connectivity index (χ1) is 17.6. The number of amides is 1. The minimum Gasteiger partial charge on any atom is -0.323 e. The predicted molar refractivity (Wildman–Crippen MR) is 146 cm³/mol. The summed E-state index contributed by atoms with van der Waals surface area (Å²) < 4.78 is 2.25. The number of aromatic nitrogens is 2. The van der Waals surface area contributed by atoms with Crippen molar-refractivity contribution in [1.29, 1.82) is 5.26 Å². The first-order valence-corrected chi connectivity index (χ1v) is 12.9. The Morgan fingerprint density at radius 3 is 2.61 bits per heavy atom. The number of hydrogen-bond acceptors (Lipinski definition) is 5. The number of benzene rings is 3. The molecule has 0 atom stereocenters. The third kappa shape index (κ3) is 4.60. The number of hydrogen-bond donors (Lipinski definition) is 2. The molecule has 0 unspecified atom stereocenters. The van der Waals surface area contributed by atoms with Gasteiger partial charge in [0.15, 0.2) is 0 Å². The Balaban J connectivity index is 1.67. The molecule has 0 saturated carbocycles. The van der Waals surface area contributed by atoms with E-state index in [9.17, 15) is 10.1 Å². The second-order valence-corrected chi connectivity index (χ2v) is 9.99. The zero-order valence-electron chi connectivity index (χ0n) is 20.3. The summed E-state index contributed by atoms with van der Waals surface area (Å²) in [6.45, 7) is 4.67. The molecule has 0 radical (unpaired) electrons. The number of nitriles is 1. The van der Waals surface area contributed by atoms with Crippen molar-refractivity contribution in [2.45, 2.75) is 39.7 Å². The van der Waals surface area contributed by atoms with Gasteiger partial charge >= 0.3 is 5.24 Å². The van der Waals surface area contributed by atoms with E-state index in [4.69, 9.17) is 4.98 Å². The van der Waals surface area contributed by atoms with Crippen LogP contribution in [0.25, 0.3) is 27.9 Å². The third-order valence-electron chi connectivity index (χ3n) is 6.45. The molecule has 1 aromatic heterocycles. The number of fused-ring (bicyclic) bond motifs is 1. The van der Waals surface area contributed by atoms with E-state index in [0.717, 1.165) is 69.0 Å². The van der Waals surface area contributed by atoms with Crippen LogP contribution < -0.4 is 10.9 Å². The van der Waals surface area contributed by atoms with E-state index in [2.05, 4.69) is 52.7 Å². The minimum absolute atomic E-state index is 0.120. The molecule has 0 spiro atoms. The number of aryl methyl sites for hydroxylation is 1. The van der Waals surface area contributed by atoms with Gasteiger partial charge in [0.2, 0.25) is 0 Å². The molecular formula is C29H27N5OS. The number of allylic oxidation sites excluding steroid dienone is 1. The molecule has 2 heterocycles. The van der Waals surface area contributed by atoms with Gasteiger partial charge in [-0.2, -0.15) is 5.26 Å². The van der Waals surface area contributed by atoms with Crippen molar-refractivity contribution in [3.63, 3.8) is 0 Å². The summed E-state index contributed by atoms with van der Waals surface area (Å²) in [5, 5.41) is 9.86. The number of hydrazine groups is 1. The maximum atomic E-state index is 11.7. The Kier molecular flexibility index (Phi) is 6.79. The summed E-state index contributed by atoms with van der Waals surface area (Å²) in [5.74, 6) is 1.01. The van der Waals surface area contributed by atoms with E-state index >= 15 is 0 Å². The molecule has 0 bridgehead atoms. The second-order valence-electron chi connectivity index (χ2n) is 8.80. The molecule has 3 aromatic carbocycles. The molecule has 7 heteroatoms. The van der Waals surface area contributed by atoms with Gasteiger partial charge in [0.05, 0.1) is 34.9 Å². The number of imidazole rings is 1. The zero-order chi connectivity index (χ0) is 25.1.